The number of hydrogen-bond acceptors (Lipinski definition) is 5. The number of hydrogen-bond donors (Lipinski definition) is 0. The highest BCUT2D eigenvalue weighted by Crippen LogP contribution is 2.28. The van der Waals surface area contributed by atoms with Gasteiger partial charge in [-0.15, -0.1) is 11.3 Å². The number of carbonyl (C=O) groups excluding carboxylic acids is 1. The van der Waals surface area contributed by atoms with Crippen molar-refractivity contribution in [1.29, 1.82) is 0 Å². The van der Waals surface area contributed by atoms with Gasteiger partial charge in [0, 0.05) is 36.7 Å². The van der Waals surface area contributed by atoms with E-state index in [1.54, 1.807) is 43.8 Å². The van der Waals surface area contributed by atoms with Crippen molar-refractivity contribution in [3.63, 3.8) is 0 Å². The molecule has 2 aromatic rings. The van der Waals surface area contributed by atoms with Crippen LogP contribution < -0.4 is 9.47 Å². The summed E-state index contributed by atoms with van der Waals surface area (Å²) in [5.74, 6) is 1.23. The van der Waals surface area contributed by atoms with Crippen LogP contribution in [-0.4, -0.2) is 50.8 Å². The molecule has 26 heavy (non-hydrogen) atoms. The average Bonchev–Trinajstić information content (AvgIpc) is 3.21. The molecule has 140 valence electrons. The molecule has 1 aliphatic heterocycles. The van der Waals surface area contributed by atoms with Gasteiger partial charge in [-0.2, -0.15) is 0 Å². The molecule has 3 rings (SSSR count). The zero-order valence-electron chi connectivity index (χ0n) is 15.3. The lowest BCUT2D eigenvalue weighted by Gasteiger charge is -2.34. The lowest BCUT2D eigenvalue weighted by atomic mass is 10.0. The van der Waals surface area contributed by atoms with E-state index in [1.165, 1.54) is 4.88 Å². The summed E-state index contributed by atoms with van der Waals surface area (Å²) in [7, 11) is 3.18. The van der Waals surface area contributed by atoms with Crippen molar-refractivity contribution in [1.82, 2.24) is 4.90 Å². The van der Waals surface area contributed by atoms with Crippen LogP contribution in [0.4, 0.5) is 0 Å². The predicted octanol–water partition coefficient (Wildman–Crippen LogP) is 3.63. The number of methoxy groups -OCH3 is 2. The van der Waals surface area contributed by atoms with Crippen molar-refractivity contribution in [2.75, 3.05) is 34.0 Å². The molecule has 0 spiro atoms. The fourth-order valence-corrected chi connectivity index (χ4v) is 3.96. The van der Waals surface area contributed by atoms with E-state index in [0.717, 1.165) is 19.3 Å². The molecule has 1 aromatic carbocycles. The number of thiophene rings is 1. The van der Waals surface area contributed by atoms with Crippen LogP contribution in [0.3, 0.4) is 0 Å². The van der Waals surface area contributed by atoms with Crippen LogP contribution in [0.25, 0.3) is 0 Å². The van der Waals surface area contributed by atoms with Gasteiger partial charge in [0.2, 0.25) is 0 Å². The molecular formula is C20H25NO4S. The van der Waals surface area contributed by atoms with Crippen LogP contribution in [0.1, 0.15) is 28.1 Å². The van der Waals surface area contributed by atoms with E-state index in [4.69, 9.17) is 14.2 Å². The van der Waals surface area contributed by atoms with Gasteiger partial charge in [0.05, 0.1) is 19.8 Å². The first-order valence-corrected chi connectivity index (χ1v) is 9.74. The molecule has 0 bridgehead atoms. The topological polar surface area (TPSA) is 48.0 Å². The van der Waals surface area contributed by atoms with E-state index in [2.05, 4.69) is 11.4 Å². The van der Waals surface area contributed by atoms with Gasteiger partial charge < -0.3 is 19.1 Å². The second-order valence-corrected chi connectivity index (χ2v) is 7.27. The summed E-state index contributed by atoms with van der Waals surface area (Å²) in [6.07, 6.45) is 2.60. The molecule has 1 amide bonds. The minimum atomic E-state index is 0.00737. The number of nitrogens with zero attached hydrogens (tertiary/aromatic N) is 1. The van der Waals surface area contributed by atoms with Gasteiger partial charge in [0.1, 0.15) is 11.5 Å². The fraction of sp³-hybridized carbons (Fsp3) is 0.450. The first-order chi connectivity index (χ1) is 12.7. The van der Waals surface area contributed by atoms with E-state index >= 15 is 0 Å². The highest BCUT2D eigenvalue weighted by atomic mass is 32.1. The highest BCUT2D eigenvalue weighted by molar-refractivity contribution is 7.09. The number of amides is 1. The third kappa shape index (κ3) is 4.37. The maximum Gasteiger partial charge on any atom is 0.257 e. The van der Waals surface area contributed by atoms with Crippen LogP contribution in [-0.2, 0) is 11.2 Å². The van der Waals surface area contributed by atoms with Gasteiger partial charge in [0.15, 0.2) is 0 Å². The van der Waals surface area contributed by atoms with Crippen LogP contribution in [0, 0.1) is 0 Å². The van der Waals surface area contributed by atoms with E-state index in [0.29, 0.717) is 36.8 Å². The molecule has 1 aliphatic rings. The van der Waals surface area contributed by atoms with Crippen LogP contribution >= 0.6 is 11.3 Å². The lowest BCUT2D eigenvalue weighted by Crippen LogP contribution is -2.44. The summed E-state index contributed by atoms with van der Waals surface area (Å²) in [5.41, 5.74) is 0.575. The van der Waals surface area contributed by atoms with Crippen LogP contribution in [0.15, 0.2) is 35.7 Å². The maximum absolute atomic E-state index is 13.4. The highest BCUT2D eigenvalue weighted by Gasteiger charge is 2.28. The van der Waals surface area contributed by atoms with Crippen molar-refractivity contribution in [2.24, 2.45) is 0 Å². The molecule has 0 atom stereocenters. The summed E-state index contributed by atoms with van der Waals surface area (Å²) in [6.45, 7) is 2.10. The molecule has 0 aliphatic carbocycles. The quantitative estimate of drug-likeness (QED) is 0.741. The fourth-order valence-electron chi connectivity index (χ4n) is 3.26. The minimum Gasteiger partial charge on any atom is -0.497 e. The number of carbonyl (C=O) groups is 1. The second kappa shape index (κ2) is 9.05. The van der Waals surface area contributed by atoms with Gasteiger partial charge in [-0.3, -0.25) is 4.79 Å². The predicted molar refractivity (Wildman–Crippen MR) is 102 cm³/mol. The van der Waals surface area contributed by atoms with Crippen molar-refractivity contribution in [3.05, 3.63) is 46.2 Å². The Kier molecular flexibility index (Phi) is 6.52. The van der Waals surface area contributed by atoms with Gasteiger partial charge in [0.25, 0.3) is 5.91 Å². The first-order valence-electron chi connectivity index (χ1n) is 8.86. The number of benzene rings is 1. The van der Waals surface area contributed by atoms with Crippen LogP contribution in [0.5, 0.6) is 11.5 Å². The van der Waals surface area contributed by atoms with E-state index in [1.807, 2.05) is 11.0 Å². The molecule has 0 saturated carbocycles. The molecular weight excluding hydrogens is 350 g/mol. The Bertz CT molecular complexity index is 711. The normalized spacial score (nSPS) is 14.8. The Morgan fingerprint density at radius 1 is 1.23 bits per heavy atom. The largest absolute Gasteiger partial charge is 0.497 e. The standard InChI is InChI=1S/C20H25NO4S/c1-23-16-5-6-18(19(14-16)24-2)20(22)21(15-8-11-25-12-9-15)10-7-17-4-3-13-26-17/h3-6,13-15H,7-12H2,1-2H3. The Hall–Kier alpha value is -2.05. The minimum absolute atomic E-state index is 0.00737. The Morgan fingerprint density at radius 2 is 2.04 bits per heavy atom. The van der Waals surface area contributed by atoms with Crippen molar-refractivity contribution >= 4 is 17.2 Å². The van der Waals surface area contributed by atoms with E-state index in [9.17, 15) is 4.79 Å². The zero-order chi connectivity index (χ0) is 18.4. The Balaban J connectivity index is 1.83. The van der Waals surface area contributed by atoms with E-state index in [-0.39, 0.29) is 11.9 Å². The van der Waals surface area contributed by atoms with Gasteiger partial charge in [-0.05, 0) is 42.8 Å². The molecule has 6 heteroatoms. The van der Waals surface area contributed by atoms with Gasteiger partial charge in [-0.1, -0.05) is 6.07 Å². The molecule has 1 aromatic heterocycles. The smallest absolute Gasteiger partial charge is 0.257 e. The van der Waals surface area contributed by atoms with Crippen LogP contribution in [0.2, 0.25) is 0 Å². The molecule has 0 radical (unpaired) electrons. The first kappa shape index (κ1) is 18.7. The summed E-state index contributed by atoms with van der Waals surface area (Å²) < 4.78 is 16.2. The number of rotatable bonds is 7. The van der Waals surface area contributed by atoms with Crippen molar-refractivity contribution in [2.45, 2.75) is 25.3 Å². The molecule has 2 heterocycles. The molecule has 1 saturated heterocycles. The monoisotopic (exact) mass is 375 g/mol. The van der Waals surface area contributed by atoms with E-state index < -0.39 is 0 Å². The molecule has 0 unspecified atom stereocenters. The van der Waals surface area contributed by atoms with Gasteiger partial charge >= 0.3 is 0 Å². The summed E-state index contributed by atoms with van der Waals surface area (Å²) >= 11 is 1.73. The molecule has 5 nitrogen and oxygen atoms in total. The molecule has 1 fully saturated rings. The van der Waals surface area contributed by atoms with Crippen molar-refractivity contribution in [3.8, 4) is 11.5 Å². The molecule has 0 N–H and O–H groups in total. The maximum atomic E-state index is 13.4. The number of ether oxygens (including phenoxy) is 3. The third-order valence-electron chi connectivity index (χ3n) is 4.71. The second-order valence-electron chi connectivity index (χ2n) is 6.24. The summed E-state index contributed by atoms with van der Waals surface area (Å²) in [5, 5.41) is 2.07. The average molecular weight is 375 g/mol. The van der Waals surface area contributed by atoms with Gasteiger partial charge in [-0.25, -0.2) is 0 Å². The summed E-state index contributed by atoms with van der Waals surface area (Å²) in [4.78, 5) is 16.6. The lowest BCUT2D eigenvalue weighted by molar-refractivity contribution is 0.0292. The third-order valence-corrected chi connectivity index (χ3v) is 5.65. The van der Waals surface area contributed by atoms with Crippen molar-refractivity contribution < 1.29 is 19.0 Å². The Labute approximate surface area is 158 Å². The SMILES string of the molecule is COc1ccc(C(=O)N(CCc2cccs2)C2CCOCC2)c(OC)c1. The summed E-state index contributed by atoms with van der Waals surface area (Å²) in [6, 6.07) is 9.71. The Morgan fingerprint density at radius 3 is 2.69 bits per heavy atom. The zero-order valence-corrected chi connectivity index (χ0v) is 16.1.